The Morgan fingerprint density at radius 3 is 2.86 bits per heavy atom. The normalized spacial score (nSPS) is 12.0. The standard InChI is InChI=1S/C15H13N3O3S/c1-9(13(19)18-15-16-6-7-22-15)17-14(20)12-8-10-4-2-3-5-11(10)21-12/h2-9H,1H3,(H,17,20)(H,16,18,19)/t9-/m0/s1. The Balaban J connectivity index is 1.66. The first kappa shape index (κ1) is 14.3. The second-order valence-electron chi connectivity index (χ2n) is 4.67. The SMILES string of the molecule is C[C@H](NC(=O)c1cc2ccccc2o1)C(=O)Nc1nccs1. The molecule has 2 heterocycles. The molecule has 2 aromatic heterocycles. The van der Waals surface area contributed by atoms with E-state index in [2.05, 4.69) is 15.6 Å². The summed E-state index contributed by atoms with van der Waals surface area (Å²) in [5, 5.41) is 8.32. The Kier molecular flexibility index (Phi) is 3.88. The molecule has 7 heteroatoms. The third-order valence-electron chi connectivity index (χ3n) is 3.05. The van der Waals surface area contributed by atoms with Crippen molar-refractivity contribution in [3.05, 3.63) is 47.7 Å². The topological polar surface area (TPSA) is 84.2 Å². The molecule has 22 heavy (non-hydrogen) atoms. The molecular formula is C15H13N3O3S. The maximum absolute atomic E-state index is 12.1. The molecule has 3 rings (SSSR count). The molecule has 0 radical (unpaired) electrons. The third kappa shape index (κ3) is 2.99. The van der Waals surface area contributed by atoms with Crippen molar-refractivity contribution in [1.82, 2.24) is 10.3 Å². The van der Waals surface area contributed by atoms with Gasteiger partial charge in [-0.25, -0.2) is 4.98 Å². The summed E-state index contributed by atoms with van der Waals surface area (Å²) >= 11 is 1.31. The zero-order valence-corrected chi connectivity index (χ0v) is 12.5. The molecule has 0 saturated carbocycles. The number of anilines is 1. The lowest BCUT2D eigenvalue weighted by Crippen LogP contribution is -2.41. The van der Waals surface area contributed by atoms with Crippen molar-refractivity contribution >= 4 is 39.3 Å². The number of hydrogen-bond acceptors (Lipinski definition) is 5. The maximum atomic E-state index is 12.1. The minimum Gasteiger partial charge on any atom is -0.451 e. The zero-order valence-electron chi connectivity index (χ0n) is 11.7. The highest BCUT2D eigenvalue weighted by molar-refractivity contribution is 7.13. The van der Waals surface area contributed by atoms with Crippen LogP contribution in [0, 0.1) is 0 Å². The van der Waals surface area contributed by atoms with Crippen LogP contribution >= 0.6 is 11.3 Å². The fraction of sp³-hybridized carbons (Fsp3) is 0.133. The Morgan fingerprint density at radius 2 is 2.14 bits per heavy atom. The number of amides is 2. The van der Waals surface area contributed by atoms with Crippen LogP contribution in [0.2, 0.25) is 0 Å². The Morgan fingerprint density at radius 1 is 1.32 bits per heavy atom. The first-order valence-electron chi connectivity index (χ1n) is 6.63. The average molecular weight is 315 g/mol. The van der Waals surface area contributed by atoms with Crippen molar-refractivity contribution in [3.63, 3.8) is 0 Å². The van der Waals surface area contributed by atoms with Gasteiger partial charge in [-0.1, -0.05) is 18.2 Å². The molecule has 0 bridgehead atoms. The van der Waals surface area contributed by atoms with E-state index in [9.17, 15) is 9.59 Å². The molecular weight excluding hydrogens is 302 g/mol. The molecule has 0 spiro atoms. The number of para-hydroxylation sites is 1. The van der Waals surface area contributed by atoms with Crippen LogP contribution in [0.25, 0.3) is 11.0 Å². The Hall–Kier alpha value is -2.67. The molecule has 0 aliphatic carbocycles. The highest BCUT2D eigenvalue weighted by Gasteiger charge is 2.19. The number of thiazole rings is 1. The number of nitrogens with one attached hydrogen (secondary N) is 2. The van der Waals surface area contributed by atoms with Crippen molar-refractivity contribution in [2.75, 3.05) is 5.32 Å². The summed E-state index contributed by atoms with van der Waals surface area (Å²) in [5.41, 5.74) is 0.632. The number of carbonyl (C=O) groups excluding carboxylic acids is 2. The monoisotopic (exact) mass is 315 g/mol. The van der Waals surface area contributed by atoms with Gasteiger partial charge in [0.2, 0.25) is 5.91 Å². The molecule has 0 aliphatic heterocycles. The van der Waals surface area contributed by atoms with Crippen LogP contribution in [-0.2, 0) is 4.79 Å². The highest BCUT2D eigenvalue weighted by Crippen LogP contribution is 2.18. The quantitative estimate of drug-likeness (QED) is 0.775. The van der Waals surface area contributed by atoms with E-state index in [1.807, 2.05) is 18.2 Å². The number of fused-ring (bicyclic) bond motifs is 1. The number of furan rings is 1. The van der Waals surface area contributed by atoms with Gasteiger partial charge in [-0.15, -0.1) is 11.3 Å². The van der Waals surface area contributed by atoms with Crippen LogP contribution in [0.15, 0.2) is 46.3 Å². The van der Waals surface area contributed by atoms with Crippen molar-refractivity contribution in [2.24, 2.45) is 0 Å². The largest absolute Gasteiger partial charge is 0.451 e. The first-order chi connectivity index (χ1) is 10.6. The second kappa shape index (κ2) is 5.98. The predicted octanol–water partition coefficient (Wildman–Crippen LogP) is 2.65. The van der Waals surface area contributed by atoms with Crippen molar-refractivity contribution < 1.29 is 14.0 Å². The third-order valence-corrected chi connectivity index (χ3v) is 3.74. The van der Waals surface area contributed by atoms with Crippen molar-refractivity contribution in [2.45, 2.75) is 13.0 Å². The van der Waals surface area contributed by atoms with Gasteiger partial charge in [0.25, 0.3) is 5.91 Å². The molecule has 1 aromatic carbocycles. The number of aromatic nitrogens is 1. The van der Waals surface area contributed by atoms with E-state index < -0.39 is 11.9 Å². The van der Waals surface area contributed by atoms with Gasteiger partial charge in [0.15, 0.2) is 10.9 Å². The van der Waals surface area contributed by atoms with Gasteiger partial charge in [-0.3, -0.25) is 9.59 Å². The van der Waals surface area contributed by atoms with E-state index >= 15 is 0 Å². The van der Waals surface area contributed by atoms with Gasteiger partial charge in [0.1, 0.15) is 11.6 Å². The van der Waals surface area contributed by atoms with Gasteiger partial charge in [-0.05, 0) is 19.1 Å². The van der Waals surface area contributed by atoms with Gasteiger partial charge in [0, 0.05) is 17.0 Å². The Labute approximate surface area is 130 Å². The summed E-state index contributed by atoms with van der Waals surface area (Å²) < 4.78 is 5.46. The van der Waals surface area contributed by atoms with E-state index in [-0.39, 0.29) is 11.7 Å². The lowest BCUT2D eigenvalue weighted by Gasteiger charge is -2.11. The number of carbonyl (C=O) groups is 2. The summed E-state index contributed by atoms with van der Waals surface area (Å²) in [6.45, 7) is 1.60. The van der Waals surface area contributed by atoms with Crippen LogP contribution in [0.1, 0.15) is 17.5 Å². The number of hydrogen-bond donors (Lipinski definition) is 2. The summed E-state index contributed by atoms with van der Waals surface area (Å²) in [4.78, 5) is 28.1. The van der Waals surface area contributed by atoms with Crippen LogP contribution in [-0.4, -0.2) is 22.8 Å². The van der Waals surface area contributed by atoms with Crippen LogP contribution in [0.3, 0.4) is 0 Å². The average Bonchev–Trinajstić information content (AvgIpc) is 3.15. The molecule has 0 aliphatic rings. The van der Waals surface area contributed by atoms with E-state index in [1.54, 1.807) is 30.6 Å². The summed E-state index contributed by atoms with van der Waals surface area (Å²) in [5.74, 6) is -0.590. The molecule has 2 amide bonds. The molecule has 3 aromatic rings. The molecule has 0 fully saturated rings. The minimum atomic E-state index is -0.704. The first-order valence-corrected chi connectivity index (χ1v) is 7.51. The number of nitrogens with zero attached hydrogens (tertiary/aromatic N) is 1. The fourth-order valence-electron chi connectivity index (χ4n) is 1.93. The molecule has 0 unspecified atom stereocenters. The second-order valence-corrected chi connectivity index (χ2v) is 5.56. The van der Waals surface area contributed by atoms with E-state index in [0.29, 0.717) is 10.7 Å². The number of rotatable bonds is 4. The minimum absolute atomic E-state index is 0.176. The summed E-state index contributed by atoms with van der Waals surface area (Å²) in [6, 6.07) is 8.28. The predicted molar refractivity (Wildman–Crippen MR) is 83.9 cm³/mol. The van der Waals surface area contributed by atoms with E-state index in [0.717, 1.165) is 5.39 Å². The molecule has 0 saturated heterocycles. The number of benzene rings is 1. The van der Waals surface area contributed by atoms with Crippen LogP contribution in [0.5, 0.6) is 0 Å². The van der Waals surface area contributed by atoms with Crippen LogP contribution < -0.4 is 10.6 Å². The molecule has 1 atom stereocenters. The van der Waals surface area contributed by atoms with E-state index in [1.165, 1.54) is 11.3 Å². The fourth-order valence-corrected chi connectivity index (χ4v) is 2.46. The van der Waals surface area contributed by atoms with Gasteiger partial charge in [-0.2, -0.15) is 0 Å². The van der Waals surface area contributed by atoms with Crippen molar-refractivity contribution in [3.8, 4) is 0 Å². The zero-order chi connectivity index (χ0) is 15.5. The van der Waals surface area contributed by atoms with Crippen LogP contribution in [0.4, 0.5) is 5.13 Å². The van der Waals surface area contributed by atoms with Gasteiger partial charge >= 0.3 is 0 Å². The van der Waals surface area contributed by atoms with Gasteiger partial charge < -0.3 is 15.1 Å². The van der Waals surface area contributed by atoms with Crippen molar-refractivity contribution in [1.29, 1.82) is 0 Å². The van der Waals surface area contributed by atoms with Gasteiger partial charge in [0.05, 0.1) is 0 Å². The summed E-state index contributed by atoms with van der Waals surface area (Å²) in [6.07, 6.45) is 1.60. The molecule has 112 valence electrons. The lowest BCUT2D eigenvalue weighted by atomic mass is 10.2. The molecule has 2 N–H and O–H groups in total. The van der Waals surface area contributed by atoms with E-state index in [4.69, 9.17) is 4.42 Å². The lowest BCUT2D eigenvalue weighted by molar-refractivity contribution is -0.117. The molecule has 6 nitrogen and oxygen atoms in total. The Bertz CT molecular complexity index is 777. The summed E-state index contributed by atoms with van der Waals surface area (Å²) in [7, 11) is 0. The highest BCUT2D eigenvalue weighted by atomic mass is 32.1. The smallest absolute Gasteiger partial charge is 0.287 e. The maximum Gasteiger partial charge on any atom is 0.287 e.